The number of anilines is 1. The van der Waals surface area contributed by atoms with E-state index in [-0.39, 0.29) is 12.5 Å². The first kappa shape index (κ1) is 27.4. The lowest BCUT2D eigenvalue weighted by Crippen LogP contribution is -2.52. The number of hydrogen-bond acceptors (Lipinski definition) is 6. The first-order valence-electron chi connectivity index (χ1n) is 14.3. The molecule has 8 nitrogen and oxygen atoms in total. The van der Waals surface area contributed by atoms with E-state index in [1.54, 1.807) is 17.3 Å². The number of benzene rings is 2. The van der Waals surface area contributed by atoms with E-state index in [4.69, 9.17) is 14.5 Å². The van der Waals surface area contributed by atoms with Crippen molar-refractivity contribution < 1.29 is 19.1 Å². The van der Waals surface area contributed by atoms with Crippen molar-refractivity contribution in [3.05, 3.63) is 96.3 Å². The van der Waals surface area contributed by atoms with Crippen molar-refractivity contribution >= 4 is 17.7 Å². The summed E-state index contributed by atoms with van der Waals surface area (Å²) in [7, 11) is 0. The molecule has 0 atom stereocenters. The van der Waals surface area contributed by atoms with Gasteiger partial charge >= 0.3 is 6.09 Å². The lowest BCUT2D eigenvalue weighted by Gasteiger charge is -2.43. The lowest BCUT2D eigenvalue weighted by molar-refractivity contribution is -0.121. The molecule has 0 bridgehead atoms. The number of nitrogens with one attached hydrogen (secondary N) is 1. The number of amides is 2. The van der Waals surface area contributed by atoms with Crippen molar-refractivity contribution in [2.45, 2.75) is 57.7 Å². The second-order valence-corrected chi connectivity index (χ2v) is 11.8. The predicted molar refractivity (Wildman–Crippen MR) is 161 cm³/mol. The number of carbonyl (C=O) groups is 2. The number of ether oxygens (including phenoxy) is 2. The first-order valence-corrected chi connectivity index (χ1v) is 14.3. The second-order valence-electron chi connectivity index (χ2n) is 11.8. The van der Waals surface area contributed by atoms with E-state index in [1.807, 2.05) is 81.4 Å². The minimum atomic E-state index is -0.564. The van der Waals surface area contributed by atoms with E-state index in [1.165, 1.54) is 0 Å². The maximum absolute atomic E-state index is 13.0. The number of aromatic nitrogens is 2. The average Bonchev–Trinajstić information content (AvgIpc) is 2.96. The van der Waals surface area contributed by atoms with E-state index >= 15 is 0 Å². The van der Waals surface area contributed by atoms with Gasteiger partial charge in [-0.2, -0.15) is 0 Å². The van der Waals surface area contributed by atoms with E-state index in [2.05, 4.69) is 22.4 Å². The molecule has 8 heteroatoms. The van der Waals surface area contributed by atoms with Crippen molar-refractivity contribution in [2.24, 2.45) is 0 Å². The number of pyridine rings is 2. The maximum Gasteiger partial charge on any atom is 0.408 e. The van der Waals surface area contributed by atoms with Gasteiger partial charge in [-0.05, 0) is 68.9 Å². The minimum Gasteiger partial charge on any atom is -0.466 e. The molecule has 4 aromatic rings. The van der Waals surface area contributed by atoms with Crippen LogP contribution in [0.2, 0.25) is 0 Å². The largest absolute Gasteiger partial charge is 0.466 e. The van der Waals surface area contributed by atoms with Crippen LogP contribution in [0.25, 0.3) is 22.4 Å². The summed E-state index contributed by atoms with van der Waals surface area (Å²) in [6, 6.07) is 24.0. The molecule has 0 spiro atoms. The lowest BCUT2D eigenvalue weighted by atomic mass is 9.71. The molecule has 42 heavy (non-hydrogen) atoms. The van der Waals surface area contributed by atoms with Crippen LogP contribution in [-0.4, -0.2) is 34.2 Å². The fraction of sp³-hybridized carbons (Fsp3) is 0.294. The molecule has 1 saturated carbocycles. The Hall–Kier alpha value is -4.72. The molecule has 1 aliphatic carbocycles. The third-order valence-corrected chi connectivity index (χ3v) is 7.70. The van der Waals surface area contributed by atoms with Crippen LogP contribution in [0.5, 0.6) is 5.88 Å². The molecule has 2 amide bonds. The Bertz CT molecular complexity index is 1590. The standard InChI is InChI=1S/C34H34N4O4/c1-33(2,3)42-32(40)37-34(16-8-17-34)26-14-12-25(13-15-26)30-27(24-10-5-4-6-11-24)19-28-31(36-30)41-22-29(39)38(28)21-23-9-7-18-35-20-23/h4-7,9-15,18-20H,8,16-17,21-22H2,1-3H3,(H,37,40). The predicted octanol–water partition coefficient (Wildman–Crippen LogP) is 6.64. The van der Waals surface area contributed by atoms with Crippen LogP contribution in [0.1, 0.15) is 51.2 Å². The molecule has 2 aromatic carbocycles. The van der Waals surface area contributed by atoms with E-state index in [9.17, 15) is 9.59 Å². The van der Waals surface area contributed by atoms with Gasteiger partial charge in [0, 0.05) is 23.5 Å². The fourth-order valence-electron chi connectivity index (χ4n) is 5.50. The van der Waals surface area contributed by atoms with Gasteiger partial charge in [-0.25, -0.2) is 9.78 Å². The van der Waals surface area contributed by atoms with Gasteiger partial charge in [-0.15, -0.1) is 0 Å². The van der Waals surface area contributed by atoms with Crippen LogP contribution < -0.4 is 15.0 Å². The van der Waals surface area contributed by atoms with E-state index < -0.39 is 17.2 Å². The molecule has 0 radical (unpaired) electrons. The summed E-state index contributed by atoms with van der Waals surface area (Å²) in [5.41, 5.74) is 5.11. The Morgan fingerprint density at radius 1 is 1.02 bits per heavy atom. The topological polar surface area (TPSA) is 93.6 Å². The highest BCUT2D eigenvalue weighted by atomic mass is 16.6. The molecule has 2 aromatic heterocycles. The number of alkyl carbamates (subject to hydrolysis) is 1. The Morgan fingerprint density at radius 2 is 1.79 bits per heavy atom. The summed E-state index contributed by atoms with van der Waals surface area (Å²) >= 11 is 0. The van der Waals surface area contributed by atoms with Crippen LogP contribution in [0.15, 0.2) is 85.2 Å². The van der Waals surface area contributed by atoms with Gasteiger partial charge in [0.05, 0.1) is 17.8 Å². The molecule has 214 valence electrons. The van der Waals surface area contributed by atoms with Crippen LogP contribution in [-0.2, 0) is 21.6 Å². The fourth-order valence-corrected chi connectivity index (χ4v) is 5.50. The zero-order valence-corrected chi connectivity index (χ0v) is 24.1. The van der Waals surface area contributed by atoms with Gasteiger partial charge in [-0.3, -0.25) is 9.78 Å². The molecule has 3 heterocycles. The Kier molecular flexibility index (Phi) is 7.14. The summed E-state index contributed by atoms with van der Waals surface area (Å²) in [6.07, 6.45) is 5.81. The van der Waals surface area contributed by atoms with E-state index in [0.717, 1.165) is 52.8 Å². The summed E-state index contributed by atoms with van der Waals surface area (Å²) in [5, 5.41) is 3.13. The van der Waals surface area contributed by atoms with Gasteiger partial charge in [0.25, 0.3) is 5.91 Å². The van der Waals surface area contributed by atoms with Crippen molar-refractivity contribution in [2.75, 3.05) is 11.5 Å². The highest BCUT2D eigenvalue weighted by Crippen LogP contribution is 2.44. The number of fused-ring (bicyclic) bond motifs is 1. The molecule has 0 unspecified atom stereocenters. The molecule has 1 fully saturated rings. The molecular formula is C34H34N4O4. The van der Waals surface area contributed by atoms with Crippen LogP contribution in [0.3, 0.4) is 0 Å². The van der Waals surface area contributed by atoms with Crippen LogP contribution >= 0.6 is 0 Å². The number of nitrogens with zero attached hydrogens (tertiary/aromatic N) is 3. The Morgan fingerprint density at radius 3 is 2.43 bits per heavy atom. The smallest absolute Gasteiger partial charge is 0.408 e. The maximum atomic E-state index is 13.0. The molecule has 1 aliphatic heterocycles. The normalized spacial score (nSPS) is 15.7. The molecule has 0 saturated heterocycles. The summed E-state index contributed by atoms with van der Waals surface area (Å²) in [6.45, 7) is 5.88. The summed E-state index contributed by atoms with van der Waals surface area (Å²) in [4.78, 5) is 36.5. The second kappa shape index (κ2) is 10.9. The number of rotatable bonds is 6. The van der Waals surface area contributed by atoms with Crippen molar-refractivity contribution in [1.82, 2.24) is 15.3 Å². The third kappa shape index (κ3) is 5.57. The highest BCUT2D eigenvalue weighted by molar-refractivity contribution is 5.99. The molecular weight excluding hydrogens is 528 g/mol. The number of hydrogen-bond donors (Lipinski definition) is 1. The van der Waals surface area contributed by atoms with E-state index in [0.29, 0.717) is 18.1 Å². The summed E-state index contributed by atoms with van der Waals surface area (Å²) < 4.78 is 11.4. The molecule has 6 rings (SSSR count). The quantitative estimate of drug-likeness (QED) is 0.283. The van der Waals surface area contributed by atoms with Crippen molar-refractivity contribution in [1.29, 1.82) is 0 Å². The Labute approximate surface area is 245 Å². The zero-order valence-electron chi connectivity index (χ0n) is 24.1. The summed E-state index contributed by atoms with van der Waals surface area (Å²) in [5.74, 6) is 0.284. The SMILES string of the molecule is CC(C)(C)OC(=O)NC1(c2ccc(-c3nc4c(cc3-c3ccccc3)N(Cc3cccnc3)C(=O)CO4)cc2)CCC1. The van der Waals surface area contributed by atoms with Gasteiger partial charge in [0.2, 0.25) is 5.88 Å². The Balaban J connectivity index is 1.37. The van der Waals surface area contributed by atoms with Crippen molar-refractivity contribution in [3.63, 3.8) is 0 Å². The highest BCUT2D eigenvalue weighted by Gasteiger charge is 2.41. The van der Waals surface area contributed by atoms with Crippen molar-refractivity contribution in [3.8, 4) is 28.3 Å². The molecule has 1 N–H and O–H groups in total. The minimum absolute atomic E-state index is 0.0812. The molecule has 2 aliphatic rings. The van der Waals surface area contributed by atoms with Crippen LogP contribution in [0, 0.1) is 0 Å². The third-order valence-electron chi connectivity index (χ3n) is 7.70. The van der Waals surface area contributed by atoms with Gasteiger partial charge in [0.1, 0.15) is 11.3 Å². The first-order chi connectivity index (χ1) is 20.2. The van der Waals surface area contributed by atoms with Crippen LogP contribution in [0.4, 0.5) is 10.5 Å². The number of carbonyl (C=O) groups excluding carboxylic acids is 2. The monoisotopic (exact) mass is 562 g/mol. The average molecular weight is 563 g/mol. The van der Waals surface area contributed by atoms with Gasteiger partial charge in [0.15, 0.2) is 6.61 Å². The van der Waals surface area contributed by atoms with Gasteiger partial charge in [-0.1, -0.05) is 60.7 Å². The van der Waals surface area contributed by atoms with Gasteiger partial charge < -0.3 is 19.7 Å². The zero-order chi connectivity index (χ0) is 29.3.